The number of carbonyl (C=O) groups excluding carboxylic acids is 1. The molecule has 0 saturated heterocycles. The molecule has 1 aliphatic rings. The van der Waals surface area contributed by atoms with Crippen LogP contribution in [0.3, 0.4) is 0 Å². The van der Waals surface area contributed by atoms with Crippen LogP contribution in [-0.4, -0.2) is 26.5 Å². The zero-order chi connectivity index (χ0) is 23.3. The minimum atomic E-state index is -2.88. The Hall–Kier alpha value is -3.75. The number of anilines is 1. The number of amides is 1. The summed E-state index contributed by atoms with van der Waals surface area (Å²) in [6.45, 7) is 1.87. The number of fused-ring (bicyclic) bond motifs is 2. The van der Waals surface area contributed by atoms with Crippen LogP contribution < -0.4 is 4.90 Å². The Kier molecular flexibility index (Phi) is 5.11. The maximum atomic E-state index is 13.8. The van der Waals surface area contributed by atoms with Crippen LogP contribution in [0.2, 0.25) is 0 Å². The average molecular weight is 454 g/mol. The van der Waals surface area contributed by atoms with Gasteiger partial charge in [0.15, 0.2) is 5.65 Å². The number of rotatable bonds is 3. The minimum absolute atomic E-state index is 0.0291. The van der Waals surface area contributed by atoms with Gasteiger partial charge in [-0.15, -0.1) is 0 Å². The van der Waals surface area contributed by atoms with Gasteiger partial charge in [-0.05, 0) is 73.9 Å². The third-order valence-corrected chi connectivity index (χ3v) is 5.89. The zero-order valence-corrected chi connectivity index (χ0v) is 17.5. The molecule has 0 aliphatic carbocycles. The number of halogens is 4. The molecule has 5 nitrogen and oxygen atoms in total. The molecule has 0 radical (unpaired) electrons. The van der Waals surface area contributed by atoms with E-state index in [0.29, 0.717) is 29.7 Å². The van der Waals surface area contributed by atoms with Gasteiger partial charge in [-0.3, -0.25) is 4.79 Å². The van der Waals surface area contributed by atoms with Crippen LogP contribution >= 0.6 is 0 Å². The molecular weight excluding hydrogens is 436 g/mol. The first kappa shape index (κ1) is 21.1. The van der Waals surface area contributed by atoms with Crippen LogP contribution in [0.1, 0.15) is 41.4 Å². The van der Waals surface area contributed by atoms with Crippen molar-refractivity contribution >= 4 is 17.2 Å². The van der Waals surface area contributed by atoms with E-state index in [9.17, 15) is 22.4 Å². The van der Waals surface area contributed by atoms with Gasteiger partial charge < -0.3 is 4.90 Å². The fourth-order valence-electron chi connectivity index (χ4n) is 4.22. The monoisotopic (exact) mass is 454 g/mol. The summed E-state index contributed by atoms with van der Waals surface area (Å²) in [4.78, 5) is 19.6. The smallest absolute Gasteiger partial charge is 0.280 e. The molecule has 0 spiro atoms. The number of nitrogens with zero attached hydrogens (tertiary/aromatic N) is 4. The van der Waals surface area contributed by atoms with E-state index in [0.717, 1.165) is 4.52 Å². The van der Waals surface area contributed by atoms with Crippen molar-refractivity contribution in [2.75, 3.05) is 4.90 Å². The van der Waals surface area contributed by atoms with Gasteiger partial charge >= 0.3 is 0 Å². The molecule has 1 unspecified atom stereocenters. The maximum Gasteiger partial charge on any atom is 0.280 e. The molecule has 2 aromatic carbocycles. The summed E-state index contributed by atoms with van der Waals surface area (Å²) in [5.41, 5.74) is 1.44. The lowest BCUT2D eigenvalue weighted by molar-refractivity contribution is 0.0976. The second-order valence-corrected chi connectivity index (χ2v) is 8.00. The van der Waals surface area contributed by atoms with Crippen molar-refractivity contribution in [3.05, 3.63) is 83.2 Å². The third-order valence-electron chi connectivity index (χ3n) is 5.89. The van der Waals surface area contributed by atoms with Crippen molar-refractivity contribution in [1.29, 1.82) is 0 Å². The highest BCUT2D eigenvalue weighted by atomic mass is 19.3. The number of aromatic nitrogens is 3. The SMILES string of the molecule is CC1CCc2cc(F)ccc2N1C(=O)c1cnn2c(C(F)F)cc(-c3ccc(F)cc3)nc12. The number of aryl methyl sites for hydroxylation is 1. The number of carbonyl (C=O) groups is 1. The maximum absolute atomic E-state index is 13.8. The van der Waals surface area contributed by atoms with Crippen molar-refractivity contribution in [1.82, 2.24) is 14.6 Å². The lowest BCUT2D eigenvalue weighted by Gasteiger charge is -2.35. The van der Waals surface area contributed by atoms with Crippen LogP contribution in [0.25, 0.3) is 16.9 Å². The van der Waals surface area contributed by atoms with E-state index >= 15 is 0 Å². The topological polar surface area (TPSA) is 50.5 Å². The van der Waals surface area contributed by atoms with Gasteiger partial charge in [0, 0.05) is 17.3 Å². The molecule has 1 aliphatic heterocycles. The molecule has 33 heavy (non-hydrogen) atoms. The van der Waals surface area contributed by atoms with E-state index in [1.807, 2.05) is 6.92 Å². The van der Waals surface area contributed by atoms with Crippen molar-refractivity contribution in [3.8, 4) is 11.3 Å². The van der Waals surface area contributed by atoms with Crippen LogP contribution in [0.15, 0.2) is 54.7 Å². The van der Waals surface area contributed by atoms with E-state index in [4.69, 9.17) is 0 Å². The van der Waals surface area contributed by atoms with Gasteiger partial charge in [-0.25, -0.2) is 27.1 Å². The quantitative estimate of drug-likeness (QED) is 0.379. The van der Waals surface area contributed by atoms with Gasteiger partial charge in [-0.2, -0.15) is 5.10 Å². The van der Waals surface area contributed by atoms with Gasteiger partial charge in [0.1, 0.15) is 22.9 Å². The van der Waals surface area contributed by atoms with Gasteiger partial charge in [-0.1, -0.05) is 0 Å². The van der Waals surface area contributed by atoms with Crippen LogP contribution in [-0.2, 0) is 6.42 Å². The molecule has 0 N–H and O–H groups in total. The summed E-state index contributed by atoms with van der Waals surface area (Å²) in [6, 6.07) is 10.5. The molecule has 4 aromatic rings. The Labute approximate surface area is 186 Å². The first-order chi connectivity index (χ1) is 15.8. The molecule has 2 aromatic heterocycles. The molecule has 168 valence electrons. The Morgan fingerprint density at radius 1 is 1.06 bits per heavy atom. The van der Waals surface area contributed by atoms with Gasteiger partial charge in [0.05, 0.1) is 11.9 Å². The van der Waals surface area contributed by atoms with Gasteiger partial charge in [0.25, 0.3) is 12.3 Å². The molecule has 1 amide bonds. The second kappa shape index (κ2) is 7.99. The number of hydrogen-bond acceptors (Lipinski definition) is 3. The first-order valence-corrected chi connectivity index (χ1v) is 10.4. The Morgan fingerprint density at radius 2 is 1.79 bits per heavy atom. The van der Waals surface area contributed by atoms with E-state index in [1.54, 1.807) is 6.07 Å². The highest BCUT2D eigenvalue weighted by Crippen LogP contribution is 2.34. The largest absolute Gasteiger partial charge is 0.305 e. The van der Waals surface area contributed by atoms with Crippen molar-refractivity contribution in [3.63, 3.8) is 0 Å². The summed E-state index contributed by atoms with van der Waals surface area (Å²) < 4.78 is 55.7. The fourth-order valence-corrected chi connectivity index (χ4v) is 4.22. The van der Waals surface area contributed by atoms with E-state index in [2.05, 4.69) is 10.1 Å². The predicted molar refractivity (Wildman–Crippen MR) is 114 cm³/mol. The summed E-state index contributed by atoms with van der Waals surface area (Å²) in [7, 11) is 0. The molecular formula is C24H18F4N4O. The first-order valence-electron chi connectivity index (χ1n) is 10.4. The van der Waals surface area contributed by atoms with Crippen LogP contribution in [0, 0.1) is 11.6 Å². The summed E-state index contributed by atoms with van der Waals surface area (Å²) >= 11 is 0. The molecule has 9 heteroatoms. The predicted octanol–water partition coefficient (Wildman–Crippen LogP) is 5.59. The molecule has 0 saturated carbocycles. The highest BCUT2D eigenvalue weighted by molar-refractivity contribution is 6.10. The lowest BCUT2D eigenvalue weighted by Crippen LogP contribution is -2.42. The van der Waals surface area contributed by atoms with E-state index in [-0.39, 0.29) is 28.8 Å². The molecule has 0 bridgehead atoms. The fraction of sp³-hybridized carbons (Fsp3) is 0.208. The normalized spacial score (nSPS) is 15.8. The Bertz CT molecular complexity index is 1370. The zero-order valence-electron chi connectivity index (χ0n) is 17.5. The number of alkyl halides is 2. The average Bonchev–Trinajstić information content (AvgIpc) is 3.22. The van der Waals surface area contributed by atoms with Crippen molar-refractivity contribution in [2.24, 2.45) is 0 Å². The molecule has 1 atom stereocenters. The van der Waals surface area contributed by atoms with Crippen molar-refractivity contribution in [2.45, 2.75) is 32.2 Å². The Balaban J connectivity index is 1.66. The van der Waals surface area contributed by atoms with Gasteiger partial charge in [0.2, 0.25) is 0 Å². The van der Waals surface area contributed by atoms with Crippen LogP contribution in [0.5, 0.6) is 0 Å². The summed E-state index contributed by atoms with van der Waals surface area (Å²) in [6.07, 6.45) is -0.418. The minimum Gasteiger partial charge on any atom is -0.305 e. The van der Waals surface area contributed by atoms with Crippen LogP contribution in [0.4, 0.5) is 23.2 Å². The molecule has 0 fully saturated rings. The molecule has 5 rings (SSSR count). The molecule has 3 heterocycles. The Morgan fingerprint density at radius 3 is 2.52 bits per heavy atom. The van der Waals surface area contributed by atoms with E-state index < -0.39 is 23.8 Å². The second-order valence-electron chi connectivity index (χ2n) is 8.00. The number of hydrogen-bond donors (Lipinski definition) is 0. The third kappa shape index (κ3) is 3.63. The number of benzene rings is 2. The highest BCUT2D eigenvalue weighted by Gasteiger charge is 2.32. The summed E-state index contributed by atoms with van der Waals surface area (Å²) in [5.74, 6) is -1.32. The van der Waals surface area contributed by atoms with E-state index in [1.165, 1.54) is 53.6 Å². The van der Waals surface area contributed by atoms with Crippen molar-refractivity contribution < 1.29 is 22.4 Å². The lowest BCUT2D eigenvalue weighted by atomic mass is 9.96. The summed E-state index contributed by atoms with van der Waals surface area (Å²) in [5, 5.41) is 4.01. The standard InChI is InChI=1S/C24H18F4N4O/c1-13-2-3-15-10-17(26)8-9-20(15)31(13)24(33)18-12-29-32-21(22(27)28)11-19(30-23(18)32)14-4-6-16(25)7-5-14/h4-13,22H,2-3H2,1H3.